The minimum Gasteiger partial charge on any atom is -0.504 e. The van der Waals surface area contributed by atoms with Gasteiger partial charge in [0, 0.05) is 23.6 Å². The summed E-state index contributed by atoms with van der Waals surface area (Å²) in [6.45, 7) is 0. The fourth-order valence-corrected chi connectivity index (χ4v) is 1.37. The molecule has 1 aromatic carbocycles. The molecule has 18 heavy (non-hydrogen) atoms. The number of anilines is 1. The second-order valence-corrected chi connectivity index (χ2v) is 3.55. The maximum atomic E-state index is 11.8. The first-order chi connectivity index (χ1) is 8.58. The summed E-state index contributed by atoms with van der Waals surface area (Å²) in [7, 11) is 0. The van der Waals surface area contributed by atoms with E-state index >= 15 is 0 Å². The van der Waals surface area contributed by atoms with E-state index in [9.17, 15) is 15.0 Å². The third-order valence-electron chi connectivity index (χ3n) is 2.27. The van der Waals surface area contributed by atoms with E-state index in [1.165, 1.54) is 12.4 Å². The zero-order chi connectivity index (χ0) is 13.1. The van der Waals surface area contributed by atoms with Crippen LogP contribution in [0.1, 0.15) is 10.4 Å². The Morgan fingerprint density at radius 2 is 1.61 bits per heavy atom. The largest absolute Gasteiger partial charge is 0.504 e. The Kier molecular flexibility index (Phi) is 3.01. The summed E-state index contributed by atoms with van der Waals surface area (Å²) < 4.78 is 0. The third kappa shape index (κ3) is 2.32. The molecule has 0 saturated carbocycles. The van der Waals surface area contributed by atoms with E-state index in [2.05, 4.69) is 10.3 Å². The van der Waals surface area contributed by atoms with Crippen LogP contribution in [-0.4, -0.2) is 26.2 Å². The first kappa shape index (κ1) is 11.7. The van der Waals surface area contributed by atoms with Crippen LogP contribution in [0.4, 0.5) is 5.69 Å². The highest BCUT2D eigenvalue weighted by Gasteiger charge is 2.13. The lowest BCUT2D eigenvalue weighted by molar-refractivity contribution is 0.102. The highest BCUT2D eigenvalue weighted by Crippen LogP contribution is 2.35. The predicted molar refractivity (Wildman–Crippen MR) is 63.6 cm³/mol. The number of nitrogens with zero attached hydrogens (tertiary/aromatic N) is 1. The number of carbonyl (C=O) groups excluding carboxylic acids is 1. The van der Waals surface area contributed by atoms with Crippen molar-refractivity contribution in [2.45, 2.75) is 0 Å². The van der Waals surface area contributed by atoms with Gasteiger partial charge in [-0.1, -0.05) is 0 Å². The minimum absolute atomic E-state index is 0.0274. The van der Waals surface area contributed by atoms with Gasteiger partial charge in [0.05, 0.1) is 0 Å². The normalized spacial score (nSPS) is 10.0. The van der Waals surface area contributed by atoms with Crippen LogP contribution >= 0.6 is 0 Å². The monoisotopic (exact) mass is 246 g/mol. The van der Waals surface area contributed by atoms with Crippen LogP contribution in [0.5, 0.6) is 17.2 Å². The Morgan fingerprint density at radius 3 is 2.17 bits per heavy atom. The first-order valence-corrected chi connectivity index (χ1v) is 5.04. The van der Waals surface area contributed by atoms with Gasteiger partial charge in [-0.05, 0) is 24.3 Å². The SMILES string of the molecule is O=C(Nc1ccncc1)c1cc(O)c(O)c(O)c1. The van der Waals surface area contributed by atoms with Crippen LogP contribution in [0.15, 0.2) is 36.7 Å². The van der Waals surface area contributed by atoms with E-state index in [0.717, 1.165) is 12.1 Å². The second-order valence-electron chi connectivity index (χ2n) is 3.55. The fraction of sp³-hybridized carbons (Fsp3) is 0. The number of phenols is 3. The van der Waals surface area contributed by atoms with Gasteiger partial charge in [-0.3, -0.25) is 9.78 Å². The van der Waals surface area contributed by atoms with Crippen molar-refractivity contribution in [3.63, 3.8) is 0 Å². The van der Waals surface area contributed by atoms with Crippen molar-refractivity contribution in [1.29, 1.82) is 0 Å². The van der Waals surface area contributed by atoms with Gasteiger partial charge >= 0.3 is 0 Å². The van der Waals surface area contributed by atoms with Crippen LogP contribution in [0.25, 0.3) is 0 Å². The van der Waals surface area contributed by atoms with Crippen LogP contribution < -0.4 is 5.32 Å². The molecule has 2 rings (SSSR count). The molecular weight excluding hydrogens is 236 g/mol. The number of amides is 1. The molecule has 92 valence electrons. The number of aromatic hydroxyl groups is 3. The molecule has 0 fully saturated rings. The smallest absolute Gasteiger partial charge is 0.255 e. The Hall–Kier alpha value is -2.76. The zero-order valence-electron chi connectivity index (χ0n) is 9.16. The fourth-order valence-electron chi connectivity index (χ4n) is 1.37. The quantitative estimate of drug-likeness (QED) is 0.600. The predicted octanol–water partition coefficient (Wildman–Crippen LogP) is 1.45. The van der Waals surface area contributed by atoms with Gasteiger partial charge in [0.2, 0.25) is 0 Å². The number of hydrogen-bond acceptors (Lipinski definition) is 5. The third-order valence-corrected chi connectivity index (χ3v) is 2.27. The van der Waals surface area contributed by atoms with E-state index in [1.54, 1.807) is 12.1 Å². The molecule has 1 aromatic heterocycles. The molecule has 0 aliphatic rings. The van der Waals surface area contributed by atoms with Crippen molar-refractivity contribution in [2.24, 2.45) is 0 Å². The van der Waals surface area contributed by atoms with Gasteiger partial charge in [0.15, 0.2) is 17.2 Å². The minimum atomic E-state index is -0.657. The summed E-state index contributed by atoms with van der Waals surface area (Å²) in [5.74, 6) is -2.30. The number of carbonyl (C=O) groups is 1. The average Bonchev–Trinajstić information content (AvgIpc) is 2.36. The average molecular weight is 246 g/mol. The van der Waals surface area contributed by atoms with Crippen LogP contribution in [0.3, 0.4) is 0 Å². The summed E-state index contributed by atoms with van der Waals surface area (Å²) >= 11 is 0. The Bertz CT molecular complexity index is 561. The summed E-state index contributed by atoms with van der Waals surface area (Å²) in [5, 5.41) is 30.3. The van der Waals surface area contributed by atoms with Crippen LogP contribution in [0, 0.1) is 0 Å². The summed E-state index contributed by atoms with van der Waals surface area (Å²) in [4.78, 5) is 15.6. The lowest BCUT2D eigenvalue weighted by Gasteiger charge is -2.07. The highest BCUT2D eigenvalue weighted by molar-refractivity contribution is 6.05. The summed E-state index contributed by atoms with van der Waals surface area (Å²) in [6, 6.07) is 5.31. The zero-order valence-corrected chi connectivity index (χ0v) is 9.16. The van der Waals surface area contributed by atoms with Gasteiger partial charge in [0.25, 0.3) is 5.91 Å². The molecule has 1 amide bonds. The molecule has 0 aliphatic heterocycles. The molecule has 0 atom stereocenters. The maximum absolute atomic E-state index is 11.8. The van der Waals surface area contributed by atoms with Crippen molar-refractivity contribution in [3.8, 4) is 17.2 Å². The molecule has 0 unspecified atom stereocenters. The standard InChI is InChI=1S/C12H10N2O4/c15-9-5-7(6-10(16)11(9)17)12(18)14-8-1-3-13-4-2-8/h1-6,15-17H,(H,13,14,18). The molecule has 4 N–H and O–H groups in total. The van der Waals surface area contributed by atoms with Crippen LogP contribution in [-0.2, 0) is 0 Å². The van der Waals surface area contributed by atoms with Gasteiger partial charge in [-0.2, -0.15) is 0 Å². The van der Waals surface area contributed by atoms with Crippen molar-refractivity contribution < 1.29 is 20.1 Å². The Labute approximate surface area is 102 Å². The topological polar surface area (TPSA) is 103 Å². The van der Waals surface area contributed by atoms with Gasteiger partial charge in [0.1, 0.15) is 0 Å². The van der Waals surface area contributed by atoms with E-state index in [-0.39, 0.29) is 5.56 Å². The van der Waals surface area contributed by atoms with E-state index in [0.29, 0.717) is 5.69 Å². The molecule has 6 heteroatoms. The Morgan fingerprint density at radius 1 is 1.06 bits per heavy atom. The van der Waals surface area contributed by atoms with Gasteiger partial charge in [-0.15, -0.1) is 0 Å². The molecule has 0 saturated heterocycles. The van der Waals surface area contributed by atoms with Gasteiger partial charge < -0.3 is 20.6 Å². The molecule has 6 nitrogen and oxygen atoms in total. The van der Waals surface area contributed by atoms with E-state index < -0.39 is 23.2 Å². The lowest BCUT2D eigenvalue weighted by atomic mass is 10.1. The molecule has 2 aromatic rings. The summed E-state index contributed by atoms with van der Waals surface area (Å²) in [5.41, 5.74) is 0.557. The first-order valence-electron chi connectivity index (χ1n) is 5.04. The molecular formula is C12H10N2O4. The second kappa shape index (κ2) is 4.62. The Balaban J connectivity index is 2.25. The summed E-state index contributed by atoms with van der Waals surface area (Å²) in [6.07, 6.45) is 3.03. The number of aromatic nitrogens is 1. The number of rotatable bonds is 2. The number of phenolic OH excluding ortho intramolecular Hbond substituents is 3. The van der Waals surface area contributed by atoms with Crippen molar-refractivity contribution in [2.75, 3.05) is 5.32 Å². The highest BCUT2D eigenvalue weighted by atomic mass is 16.3. The lowest BCUT2D eigenvalue weighted by Crippen LogP contribution is -2.11. The van der Waals surface area contributed by atoms with Crippen molar-refractivity contribution in [3.05, 3.63) is 42.2 Å². The molecule has 0 bridgehead atoms. The number of hydrogen-bond donors (Lipinski definition) is 4. The molecule has 0 radical (unpaired) electrons. The molecule has 0 aliphatic carbocycles. The number of benzene rings is 1. The van der Waals surface area contributed by atoms with E-state index in [1.807, 2.05) is 0 Å². The van der Waals surface area contributed by atoms with Gasteiger partial charge in [-0.25, -0.2) is 0 Å². The van der Waals surface area contributed by atoms with Crippen LogP contribution in [0.2, 0.25) is 0 Å². The number of pyridine rings is 1. The number of nitrogens with one attached hydrogen (secondary N) is 1. The molecule has 0 spiro atoms. The van der Waals surface area contributed by atoms with Crippen molar-refractivity contribution in [1.82, 2.24) is 4.98 Å². The molecule has 1 heterocycles. The maximum Gasteiger partial charge on any atom is 0.255 e. The van der Waals surface area contributed by atoms with E-state index in [4.69, 9.17) is 5.11 Å². The van der Waals surface area contributed by atoms with Crippen molar-refractivity contribution >= 4 is 11.6 Å².